The summed E-state index contributed by atoms with van der Waals surface area (Å²) in [7, 11) is 0. The molecule has 0 aliphatic carbocycles. The van der Waals surface area contributed by atoms with Gasteiger partial charge in [-0.05, 0) is 63.2 Å². The maximum Gasteiger partial charge on any atom is 0.0729 e. The average Bonchev–Trinajstić information content (AvgIpc) is 3.70. The second-order valence-electron chi connectivity index (χ2n) is 8.91. The summed E-state index contributed by atoms with van der Waals surface area (Å²) < 4.78 is 0. The van der Waals surface area contributed by atoms with Crippen LogP contribution < -0.4 is 0 Å². The first-order chi connectivity index (χ1) is 18.4. The van der Waals surface area contributed by atoms with Crippen LogP contribution in [0.25, 0.3) is 16.7 Å². The third-order valence-electron chi connectivity index (χ3n) is 6.58. The standard InChI is InChI=1S/C35H26N2/c1-4-12-26(13-5-1)33(27-14-6-2-7-15-27)34(28-16-8-3-9-17-28)29-20-22-30(23-21-29)35(31-18-10-24-36-31)32-19-11-25-37-32/h1-25,36H/b35-32-. The number of hydrogen-bond acceptors (Lipinski definition) is 1. The molecule has 1 aliphatic heterocycles. The van der Waals surface area contributed by atoms with Crippen molar-refractivity contribution in [3.63, 3.8) is 0 Å². The lowest BCUT2D eigenvalue weighted by Crippen LogP contribution is -1.98. The van der Waals surface area contributed by atoms with E-state index in [0.717, 1.165) is 22.5 Å². The fourth-order valence-corrected chi connectivity index (χ4v) is 4.90. The SMILES string of the molecule is C1=C/C(=C(\c2ccc(C(=C(c3ccccc3)c3ccccc3)c3ccccc3)cc2)c2ccc[nH]2)N=C1. The number of aromatic amines is 1. The first-order valence-electron chi connectivity index (χ1n) is 12.5. The lowest BCUT2D eigenvalue weighted by atomic mass is 9.85. The lowest BCUT2D eigenvalue weighted by Gasteiger charge is -2.18. The van der Waals surface area contributed by atoms with Crippen LogP contribution in [0.3, 0.4) is 0 Å². The van der Waals surface area contributed by atoms with Crippen molar-refractivity contribution in [1.82, 2.24) is 4.98 Å². The summed E-state index contributed by atoms with van der Waals surface area (Å²) in [4.78, 5) is 7.96. The van der Waals surface area contributed by atoms with Crippen LogP contribution in [-0.2, 0) is 0 Å². The summed E-state index contributed by atoms with van der Waals surface area (Å²) in [6.07, 6.45) is 7.83. The molecular weight excluding hydrogens is 448 g/mol. The number of rotatable bonds is 6. The Bertz CT molecular complexity index is 1550. The van der Waals surface area contributed by atoms with Gasteiger partial charge in [0.2, 0.25) is 0 Å². The van der Waals surface area contributed by atoms with Crippen LogP contribution in [0.15, 0.2) is 156 Å². The quantitative estimate of drug-likeness (QED) is 0.239. The second-order valence-corrected chi connectivity index (χ2v) is 8.91. The van der Waals surface area contributed by atoms with Crippen LogP contribution in [0.5, 0.6) is 0 Å². The van der Waals surface area contributed by atoms with Gasteiger partial charge in [0, 0.05) is 23.7 Å². The molecule has 0 saturated carbocycles. The topological polar surface area (TPSA) is 28.1 Å². The molecule has 0 amide bonds. The van der Waals surface area contributed by atoms with Crippen molar-refractivity contribution in [2.24, 2.45) is 4.99 Å². The zero-order valence-corrected chi connectivity index (χ0v) is 20.4. The van der Waals surface area contributed by atoms with Crippen molar-refractivity contribution in [3.05, 3.63) is 185 Å². The van der Waals surface area contributed by atoms with Crippen molar-refractivity contribution in [2.75, 3.05) is 0 Å². The van der Waals surface area contributed by atoms with Crippen LogP contribution in [0.1, 0.15) is 33.5 Å². The second kappa shape index (κ2) is 10.3. The van der Waals surface area contributed by atoms with E-state index < -0.39 is 0 Å². The van der Waals surface area contributed by atoms with E-state index in [4.69, 9.17) is 0 Å². The van der Waals surface area contributed by atoms with Gasteiger partial charge in [-0.25, -0.2) is 0 Å². The minimum absolute atomic E-state index is 0.961. The highest BCUT2D eigenvalue weighted by molar-refractivity contribution is 6.04. The number of benzene rings is 4. The van der Waals surface area contributed by atoms with E-state index in [9.17, 15) is 0 Å². The Morgan fingerprint density at radius 3 is 1.41 bits per heavy atom. The number of aliphatic imine (C=N–C) groups is 1. The summed E-state index contributed by atoms with van der Waals surface area (Å²) in [5, 5.41) is 0. The molecule has 5 aromatic rings. The first-order valence-corrected chi connectivity index (χ1v) is 12.5. The van der Waals surface area contributed by atoms with E-state index in [1.807, 2.05) is 24.6 Å². The van der Waals surface area contributed by atoms with Crippen molar-refractivity contribution in [3.8, 4) is 0 Å². The molecule has 0 bridgehead atoms. The molecule has 0 saturated heterocycles. The summed E-state index contributed by atoms with van der Waals surface area (Å²) in [6.45, 7) is 0. The predicted octanol–water partition coefficient (Wildman–Crippen LogP) is 8.42. The minimum atomic E-state index is 0.961. The molecule has 2 heterocycles. The maximum absolute atomic E-state index is 4.60. The number of H-pyrrole nitrogens is 1. The number of nitrogens with one attached hydrogen (secondary N) is 1. The molecule has 1 aromatic heterocycles. The van der Waals surface area contributed by atoms with Gasteiger partial charge in [0.15, 0.2) is 0 Å². The molecule has 6 rings (SSSR count). The van der Waals surface area contributed by atoms with E-state index in [2.05, 4.69) is 137 Å². The van der Waals surface area contributed by atoms with Gasteiger partial charge >= 0.3 is 0 Å². The average molecular weight is 475 g/mol. The number of hydrogen-bond donors (Lipinski definition) is 1. The van der Waals surface area contributed by atoms with E-state index in [0.29, 0.717) is 0 Å². The predicted molar refractivity (Wildman–Crippen MR) is 155 cm³/mol. The third-order valence-corrected chi connectivity index (χ3v) is 6.58. The number of allylic oxidation sites excluding steroid dienone is 2. The van der Waals surface area contributed by atoms with Crippen LogP contribution in [0.4, 0.5) is 0 Å². The first kappa shape index (κ1) is 22.5. The largest absolute Gasteiger partial charge is 0.361 e. The van der Waals surface area contributed by atoms with Crippen molar-refractivity contribution < 1.29 is 0 Å². The summed E-state index contributed by atoms with van der Waals surface area (Å²) in [6, 6.07) is 45.0. The van der Waals surface area contributed by atoms with Crippen molar-refractivity contribution in [2.45, 2.75) is 0 Å². The van der Waals surface area contributed by atoms with Crippen molar-refractivity contribution in [1.29, 1.82) is 0 Å². The molecule has 0 spiro atoms. The molecule has 1 aliphatic rings. The Hall–Kier alpha value is -4.95. The molecule has 4 aromatic carbocycles. The van der Waals surface area contributed by atoms with Gasteiger partial charge in [0.1, 0.15) is 0 Å². The number of aromatic nitrogens is 1. The van der Waals surface area contributed by atoms with Gasteiger partial charge < -0.3 is 4.98 Å². The van der Waals surface area contributed by atoms with Crippen molar-refractivity contribution >= 4 is 22.9 Å². The highest BCUT2D eigenvalue weighted by atomic mass is 14.8. The van der Waals surface area contributed by atoms with Gasteiger partial charge in [-0.2, -0.15) is 0 Å². The highest BCUT2D eigenvalue weighted by Crippen LogP contribution is 2.38. The van der Waals surface area contributed by atoms with Crippen LogP contribution >= 0.6 is 0 Å². The Morgan fingerprint density at radius 2 is 0.973 bits per heavy atom. The normalized spacial score (nSPS) is 13.5. The molecule has 1 N–H and O–H groups in total. The smallest absolute Gasteiger partial charge is 0.0729 e. The minimum Gasteiger partial charge on any atom is -0.361 e. The van der Waals surface area contributed by atoms with Gasteiger partial charge in [0.25, 0.3) is 0 Å². The zero-order valence-electron chi connectivity index (χ0n) is 20.4. The molecule has 2 heteroatoms. The molecule has 2 nitrogen and oxygen atoms in total. The van der Waals surface area contributed by atoms with Gasteiger partial charge in [0.05, 0.1) is 5.70 Å². The Kier molecular flexibility index (Phi) is 6.30. The van der Waals surface area contributed by atoms with E-state index in [-0.39, 0.29) is 0 Å². The molecule has 176 valence electrons. The fourth-order valence-electron chi connectivity index (χ4n) is 4.90. The number of nitrogens with zero attached hydrogens (tertiary/aromatic N) is 1. The summed E-state index contributed by atoms with van der Waals surface area (Å²) in [5.74, 6) is 0. The van der Waals surface area contributed by atoms with Gasteiger partial charge in [-0.3, -0.25) is 4.99 Å². The molecule has 37 heavy (non-hydrogen) atoms. The molecular formula is C35H26N2. The van der Waals surface area contributed by atoms with Crippen LogP contribution in [-0.4, -0.2) is 11.2 Å². The third kappa shape index (κ3) is 4.65. The molecule has 0 atom stereocenters. The lowest BCUT2D eigenvalue weighted by molar-refractivity contribution is 1.32. The van der Waals surface area contributed by atoms with E-state index >= 15 is 0 Å². The van der Waals surface area contributed by atoms with E-state index in [1.165, 1.54) is 33.4 Å². The van der Waals surface area contributed by atoms with Gasteiger partial charge in [-0.15, -0.1) is 0 Å². The summed E-state index contributed by atoms with van der Waals surface area (Å²) in [5.41, 5.74) is 11.4. The van der Waals surface area contributed by atoms with Crippen LogP contribution in [0.2, 0.25) is 0 Å². The Labute approximate surface area is 217 Å². The van der Waals surface area contributed by atoms with E-state index in [1.54, 1.807) is 0 Å². The monoisotopic (exact) mass is 474 g/mol. The molecule has 0 radical (unpaired) electrons. The maximum atomic E-state index is 4.60. The summed E-state index contributed by atoms with van der Waals surface area (Å²) >= 11 is 0. The highest BCUT2D eigenvalue weighted by Gasteiger charge is 2.17. The molecule has 0 fully saturated rings. The Balaban J connectivity index is 1.57. The van der Waals surface area contributed by atoms with Crippen LogP contribution in [0, 0.1) is 0 Å². The fraction of sp³-hybridized carbons (Fsp3) is 0. The Morgan fingerprint density at radius 1 is 0.486 bits per heavy atom. The zero-order chi connectivity index (χ0) is 24.9. The van der Waals surface area contributed by atoms with Gasteiger partial charge in [-0.1, -0.05) is 115 Å². The molecule has 0 unspecified atom stereocenters.